The van der Waals surface area contributed by atoms with Gasteiger partial charge < -0.3 is 0 Å². The summed E-state index contributed by atoms with van der Waals surface area (Å²) >= 11 is 1.27. The van der Waals surface area contributed by atoms with Crippen LogP contribution in [0.25, 0.3) is 0 Å². The Labute approximate surface area is 89.6 Å². The second kappa shape index (κ2) is 16.7. The van der Waals surface area contributed by atoms with E-state index < -0.39 is 0 Å². The molecule has 3 radical (unpaired) electrons. The van der Waals surface area contributed by atoms with Gasteiger partial charge in [-0.1, -0.05) is 0 Å². The van der Waals surface area contributed by atoms with Crippen molar-refractivity contribution < 1.29 is 19.5 Å². The van der Waals surface area contributed by atoms with Crippen molar-refractivity contribution >= 4 is 72.4 Å². The van der Waals surface area contributed by atoms with Crippen LogP contribution in [0.15, 0.2) is 0 Å². The van der Waals surface area contributed by atoms with Crippen molar-refractivity contribution in [2.45, 2.75) is 0 Å². The van der Waals surface area contributed by atoms with Gasteiger partial charge >= 0.3 is 26.9 Å². The molecule has 0 aliphatic carbocycles. The van der Waals surface area contributed by atoms with Gasteiger partial charge in [-0.05, 0) is 0 Å². The van der Waals surface area contributed by atoms with Gasteiger partial charge in [0.2, 0.25) is 0 Å². The molecule has 0 aliphatic heterocycles. The summed E-state index contributed by atoms with van der Waals surface area (Å²) in [6, 6.07) is 0. The largest absolute Gasteiger partial charge is 0 e. The fourth-order valence-corrected chi connectivity index (χ4v) is 0. The quantitative estimate of drug-likeness (QED) is 0.544. The fourth-order valence-electron chi connectivity index (χ4n) is 0. The van der Waals surface area contributed by atoms with Gasteiger partial charge in [-0.25, -0.2) is 0 Å². The molecule has 4 heavy (non-hydrogen) atoms. The Kier molecular flexibility index (Phi) is 66.0. The summed E-state index contributed by atoms with van der Waals surface area (Å²) in [5.41, 5.74) is 0. The van der Waals surface area contributed by atoms with Gasteiger partial charge in [0.25, 0.3) is 0 Å². The Morgan fingerprint density at radius 2 is 1.25 bits per heavy atom. The predicted octanol–water partition coefficient (Wildman–Crippen LogP) is -0.116. The molecule has 0 heterocycles. The first-order chi connectivity index (χ1) is 1.00. The van der Waals surface area contributed by atoms with E-state index in [9.17, 15) is 0 Å². The van der Waals surface area contributed by atoms with Gasteiger partial charge in [-0.3, -0.25) is 0 Å². The molecule has 4 heteroatoms. The molecule has 0 nitrogen and oxygen atoms in total. The van der Waals surface area contributed by atoms with Crippen LogP contribution in [0.5, 0.6) is 0 Å². The number of hydrogen-bond donors (Lipinski definition) is 0. The molecular formula is GaSSrZn. The summed E-state index contributed by atoms with van der Waals surface area (Å²) in [4.78, 5) is 0. The standard InChI is InChI=1S/Ga.S.Sr.Zn. The molecule has 0 aromatic heterocycles. The van der Waals surface area contributed by atoms with Crippen molar-refractivity contribution in [3.05, 3.63) is 0 Å². The normalized spacial score (nSPS) is 0.750. The molecule has 0 N–H and O–H groups in total. The van der Waals surface area contributed by atoms with Crippen LogP contribution in [0.3, 0.4) is 0 Å². The molecule has 0 bridgehead atoms. The maximum atomic E-state index is 4.15. The smallest absolute Gasteiger partial charge is 0 e. The third-order valence-corrected chi connectivity index (χ3v) is 0. The summed E-state index contributed by atoms with van der Waals surface area (Å²) in [5, 5.41) is 0. The SMILES string of the molecule is [S]=[Ga].[Sr].[Zn]. The molecule has 13 valence electrons. The maximum Gasteiger partial charge on any atom is 0 e. The van der Waals surface area contributed by atoms with E-state index in [-0.39, 0.29) is 65.0 Å². The maximum absolute atomic E-state index is 4.15. The third kappa shape index (κ3) is 8.88. The van der Waals surface area contributed by atoms with E-state index in [0.29, 0.717) is 0 Å². The van der Waals surface area contributed by atoms with E-state index >= 15 is 0 Å². The average Bonchev–Trinajstić information content (AvgIpc) is 1.00. The molecule has 0 spiro atoms. The molecule has 0 saturated carbocycles. The zero-order chi connectivity index (χ0) is 2.00. The Morgan fingerprint density at radius 3 is 1.25 bits per heavy atom. The van der Waals surface area contributed by atoms with E-state index in [0.717, 1.165) is 0 Å². The van der Waals surface area contributed by atoms with Crippen molar-refractivity contribution in [2.24, 2.45) is 0 Å². The second-order valence-electron chi connectivity index (χ2n) is 0. The Hall–Kier alpha value is 2.96. The molecule has 0 aliphatic rings. The molecule has 0 rings (SSSR count). The van der Waals surface area contributed by atoms with Gasteiger partial charge in [0.05, 0.1) is 0 Å². The van der Waals surface area contributed by atoms with Crippen LogP contribution >= 0.6 is 10.1 Å². The molecule has 0 aromatic carbocycles. The van der Waals surface area contributed by atoms with E-state index in [4.69, 9.17) is 0 Å². The summed E-state index contributed by atoms with van der Waals surface area (Å²) in [6.07, 6.45) is 0. The zero-order valence-corrected chi connectivity index (χ0v) is 12.1. The van der Waals surface area contributed by atoms with Crippen LogP contribution < -0.4 is 0 Å². The Morgan fingerprint density at radius 1 is 1.25 bits per heavy atom. The van der Waals surface area contributed by atoms with Crippen molar-refractivity contribution in [3.63, 3.8) is 0 Å². The molecule has 0 fully saturated rings. The predicted molar refractivity (Wildman–Crippen MR) is 19.1 cm³/mol. The average molecular weight is 255 g/mol. The minimum atomic E-state index is 0. The molecule has 0 unspecified atom stereocenters. The fraction of sp³-hybridized carbons (Fsp3) is 0. The number of rotatable bonds is 0. The van der Waals surface area contributed by atoms with Crippen LogP contribution in [-0.4, -0.2) is 62.3 Å². The molecule has 0 amide bonds. The Bertz CT molecular complexity index is 8.00. The van der Waals surface area contributed by atoms with Crippen molar-refractivity contribution in [2.75, 3.05) is 0 Å². The van der Waals surface area contributed by atoms with E-state index in [2.05, 4.69) is 10.1 Å². The van der Waals surface area contributed by atoms with Gasteiger partial charge in [0, 0.05) is 65.0 Å². The van der Waals surface area contributed by atoms with Gasteiger partial charge in [0.15, 0.2) is 0 Å². The first-order valence-electron chi connectivity index (χ1n) is 0.236. The first kappa shape index (κ1) is 15.8. The van der Waals surface area contributed by atoms with Crippen LogP contribution in [0.4, 0.5) is 0 Å². The van der Waals surface area contributed by atoms with Gasteiger partial charge in [0.1, 0.15) is 0 Å². The van der Waals surface area contributed by atoms with Crippen LogP contribution in [0, 0.1) is 0 Å². The van der Waals surface area contributed by atoms with Crippen molar-refractivity contribution in [1.82, 2.24) is 0 Å². The van der Waals surface area contributed by atoms with Gasteiger partial charge in [-0.2, -0.15) is 0 Å². The van der Waals surface area contributed by atoms with E-state index in [1.54, 1.807) is 0 Å². The van der Waals surface area contributed by atoms with Crippen molar-refractivity contribution in [3.8, 4) is 0 Å². The second-order valence-corrected chi connectivity index (χ2v) is 0. The monoisotopic (exact) mass is 253 g/mol. The molecular weight excluding hydrogens is 255 g/mol. The molecule has 0 atom stereocenters. The van der Waals surface area contributed by atoms with E-state index in [1.165, 1.54) is 16.8 Å². The Balaban J connectivity index is -0.00000000500. The summed E-state index contributed by atoms with van der Waals surface area (Å²) in [5.74, 6) is 0. The minimum absolute atomic E-state index is 0. The first-order valence-corrected chi connectivity index (χ1v) is 3.67. The van der Waals surface area contributed by atoms with Gasteiger partial charge in [-0.15, -0.1) is 0 Å². The zero-order valence-electron chi connectivity index (χ0n) is 2.40. The van der Waals surface area contributed by atoms with Crippen LogP contribution in [-0.2, 0) is 19.5 Å². The molecule has 0 aromatic rings. The molecule has 0 saturated heterocycles. The van der Waals surface area contributed by atoms with Crippen LogP contribution in [0.2, 0.25) is 0 Å². The van der Waals surface area contributed by atoms with Crippen LogP contribution in [0.1, 0.15) is 0 Å². The topological polar surface area (TPSA) is 0 Å². The number of hydrogen-bond acceptors (Lipinski definition) is 1. The minimum Gasteiger partial charge on any atom is 0 e. The van der Waals surface area contributed by atoms with Crippen molar-refractivity contribution in [1.29, 1.82) is 0 Å². The summed E-state index contributed by atoms with van der Waals surface area (Å²) < 4.78 is 0. The third-order valence-electron chi connectivity index (χ3n) is 0. The summed E-state index contributed by atoms with van der Waals surface area (Å²) in [6.45, 7) is 0. The van der Waals surface area contributed by atoms with E-state index in [1.807, 2.05) is 0 Å². The summed E-state index contributed by atoms with van der Waals surface area (Å²) in [7, 11) is 4.15.